The van der Waals surface area contributed by atoms with Gasteiger partial charge in [-0.2, -0.15) is 0 Å². The van der Waals surface area contributed by atoms with Crippen molar-refractivity contribution in [2.75, 3.05) is 17.7 Å². The molecule has 0 fully saturated rings. The van der Waals surface area contributed by atoms with Crippen molar-refractivity contribution in [3.8, 4) is 0 Å². The molecule has 0 bridgehead atoms. The van der Waals surface area contributed by atoms with Crippen molar-refractivity contribution in [1.82, 2.24) is 9.97 Å². The highest BCUT2D eigenvalue weighted by molar-refractivity contribution is 6.30. The zero-order valence-corrected chi connectivity index (χ0v) is 11.1. The fourth-order valence-electron chi connectivity index (χ4n) is 1.82. The maximum absolute atomic E-state index is 5.97. The number of anilines is 2. The molecule has 1 heterocycles. The molecule has 0 unspecified atom stereocenters. The minimum atomic E-state index is 0.512. The minimum absolute atomic E-state index is 0.512. The maximum atomic E-state index is 5.97. The normalized spacial score (nSPS) is 10.4. The highest BCUT2D eigenvalue weighted by Crippen LogP contribution is 2.21. The van der Waals surface area contributed by atoms with E-state index in [4.69, 9.17) is 17.3 Å². The van der Waals surface area contributed by atoms with Gasteiger partial charge in [-0.15, -0.1) is 0 Å². The Kier molecular flexibility index (Phi) is 3.67. The van der Waals surface area contributed by atoms with Gasteiger partial charge in [0.2, 0.25) is 0 Å². The fraction of sp³-hybridized carbons (Fsp3) is 0.231. The summed E-state index contributed by atoms with van der Waals surface area (Å²) in [6, 6.07) is 7.77. The lowest BCUT2D eigenvalue weighted by atomic mass is 10.2. The molecule has 0 saturated carbocycles. The number of halogens is 1. The van der Waals surface area contributed by atoms with Crippen molar-refractivity contribution in [3.63, 3.8) is 0 Å². The van der Waals surface area contributed by atoms with E-state index >= 15 is 0 Å². The largest absolute Gasteiger partial charge is 0.383 e. The SMILES string of the molecule is Cc1c(N)ncnc1N(C)Cc1cccc(Cl)c1. The van der Waals surface area contributed by atoms with Gasteiger partial charge in [0.1, 0.15) is 18.0 Å². The van der Waals surface area contributed by atoms with Crippen molar-refractivity contribution in [3.05, 3.63) is 46.7 Å². The molecule has 0 radical (unpaired) electrons. The highest BCUT2D eigenvalue weighted by atomic mass is 35.5. The van der Waals surface area contributed by atoms with Crippen LogP contribution >= 0.6 is 11.6 Å². The van der Waals surface area contributed by atoms with Crippen LogP contribution in [-0.4, -0.2) is 17.0 Å². The average Bonchev–Trinajstić information content (AvgIpc) is 2.32. The molecule has 1 aromatic heterocycles. The zero-order valence-electron chi connectivity index (χ0n) is 10.4. The summed E-state index contributed by atoms with van der Waals surface area (Å²) in [5.41, 5.74) is 7.79. The monoisotopic (exact) mass is 262 g/mol. The number of nitrogen functional groups attached to an aromatic ring is 1. The van der Waals surface area contributed by atoms with Gasteiger partial charge in [0.05, 0.1) is 0 Å². The fourth-order valence-corrected chi connectivity index (χ4v) is 2.04. The molecule has 0 aliphatic heterocycles. The number of hydrogen-bond acceptors (Lipinski definition) is 4. The van der Waals surface area contributed by atoms with Gasteiger partial charge in [0.25, 0.3) is 0 Å². The van der Waals surface area contributed by atoms with Gasteiger partial charge < -0.3 is 10.6 Å². The lowest BCUT2D eigenvalue weighted by molar-refractivity contribution is 0.884. The molecule has 94 valence electrons. The summed E-state index contributed by atoms with van der Waals surface area (Å²) < 4.78 is 0. The van der Waals surface area contributed by atoms with Crippen LogP contribution in [-0.2, 0) is 6.54 Å². The third-order valence-electron chi connectivity index (χ3n) is 2.77. The lowest BCUT2D eigenvalue weighted by Crippen LogP contribution is -2.19. The van der Waals surface area contributed by atoms with Crippen LogP contribution in [0.5, 0.6) is 0 Å². The summed E-state index contributed by atoms with van der Waals surface area (Å²) in [5, 5.41) is 0.736. The van der Waals surface area contributed by atoms with Gasteiger partial charge in [0, 0.05) is 24.2 Å². The number of rotatable bonds is 3. The minimum Gasteiger partial charge on any atom is -0.383 e. The van der Waals surface area contributed by atoms with E-state index in [-0.39, 0.29) is 0 Å². The quantitative estimate of drug-likeness (QED) is 0.924. The second-order valence-corrected chi connectivity index (χ2v) is 4.63. The first-order chi connectivity index (χ1) is 8.58. The van der Waals surface area contributed by atoms with Crippen LogP contribution in [0, 0.1) is 6.92 Å². The molecule has 18 heavy (non-hydrogen) atoms. The second kappa shape index (κ2) is 5.23. The Morgan fingerprint density at radius 1 is 1.33 bits per heavy atom. The highest BCUT2D eigenvalue weighted by Gasteiger charge is 2.09. The standard InChI is InChI=1S/C13H15ClN4/c1-9-12(15)16-8-17-13(9)18(2)7-10-4-3-5-11(14)6-10/h3-6,8H,7H2,1-2H3,(H2,15,16,17). The topological polar surface area (TPSA) is 55.0 Å². The van der Waals surface area contributed by atoms with E-state index in [1.807, 2.05) is 43.1 Å². The summed E-state index contributed by atoms with van der Waals surface area (Å²) in [4.78, 5) is 10.2. The third kappa shape index (κ3) is 2.71. The molecule has 0 spiro atoms. The van der Waals surface area contributed by atoms with Crippen LogP contribution < -0.4 is 10.6 Å². The molecule has 4 nitrogen and oxygen atoms in total. The van der Waals surface area contributed by atoms with Gasteiger partial charge in [0.15, 0.2) is 0 Å². The van der Waals surface area contributed by atoms with Crippen LogP contribution in [0.3, 0.4) is 0 Å². The van der Waals surface area contributed by atoms with E-state index in [9.17, 15) is 0 Å². The van der Waals surface area contributed by atoms with Crippen LogP contribution in [0.4, 0.5) is 11.6 Å². The van der Waals surface area contributed by atoms with E-state index in [1.165, 1.54) is 6.33 Å². The summed E-state index contributed by atoms with van der Waals surface area (Å²) in [6.07, 6.45) is 1.48. The van der Waals surface area contributed by atoms with Gasteiger partial charge in [-0.25, -0.2) is 9.97 Å². The van der Waals surface area contributed by atoms with Gasteiger partial charge in [-0.1, -0.05) is 23.7 Å². The Morgan fingerprint density at radius 2 is 2.11 bits per heavy atom. The molecule has 0 saturated heterocycles. The van der Waals surface area contributed by atoms with Crippen LogP contribution in [0.15, 0.2) is 30.6 Å². The van der Waals surface area contributed by atoms with Crippen LogP contribution in [0.2, 0.25) is 5.02 Å². The van der Waals surface area contributed by atoms with Crippen molar-refractivity contribution in [2.45, 2.75) is 13.5 Å². The van der Waals surface area contributed by atoms with Gasteiger partial charge in [-0.05, 0) is 24.6 Å². The van der Waals surface area contributed by atoms with E-state index in [0.29, 0.717) is 5.82 Å². The van der Waals surface area contributed by atoms with E-state index in [1.54, 1.807) is 0 Å². The van der Waals surface area contributed by atoms with Crippen molar-refractivity contribution in [1.29, 1.82) is 0 Å². The van der Waals surface area contributed by atoms with E-state index in [0.717, 1.165) is 28.5 Å². The Balaban J connectivity index is 2.22. The maximum Gasteiger partial charge on any atom is 0.137 e. The molecular formula is C13H15ClN4. The number of benzene rings is 1. The first kappa shape index (κ1) is 12.6. The summed E-state index contributed by atoms with van der Waals surface area (Å²) in [6.45, 7) is 2.64. The Labute approximate surface area is 111 Å². The Morgan fingerprint density at radius 3 is 2.83 bits per heavy atom. The Hall–Kier alpha value is -1.81. The number of nitrogens with two attached hydrogens (primary N) is 1. The Bertz CT molecular complexity index is 556. The van der Waals surface area contributed by atoms with Gasteiger partial charge in [-0.3, -0.25) is 0 Å². The zero-order chi connectivity index (χ0) is 13.1. The predicted molar refractivity (Wildman–Crippen MR) is 74.7 cm³/mol. The molecule has 5 heteroatoms. The molecule has 1 aromatic carbocycles. The number of nitrogens with zero attached hydrogens (tertiary/aromatic N) is 3. The smallest absolute Gasteiger partial charge is 0.137 e. The molecule has 2 rings (SSSR count). The second-order valence-electron chi connectivity index (χ2n) is 4.19. The molecule has 0 aliphatic carbocycles. The molecular weight excluding hydrogens is 248 g/mol. The lowest BCUT2D eigenvalue weighted by Gasteiger charge is -2.20. The summed E-state index contributed by atoms with van der Waals surface area (Å²) >= 11 is 5.97. The summed E-state index contributed by atoms with van der Waals surface area (Å²) in [5.74, 6) is 1.35. The first-order valence-electron chi connectivity index (χ1n) is 5.60. The molecule has 2 N–H and O–H groups in total. The predicted octanol–water partition coefficient (Wildman–Crippen LogP) is 2.66. The van der Waals surface area contributed by atoms with E-state index < -0.39 is 0 Å². The molecule has 0 amide bonds. The van der Waals surface area contributed by atoms with Crippen LogP contribution in [0.25, 0.3) is 0 Å². The molecule has 2 aromatic rings. The van der Waals surface area contributed by atoms with E-state index in [2.05, 4.69) is 9.97 Å². The van der Waals surface area contributed by atoms with Gasteiger partial charge >= 0.3 is 0 Å². The number of aromatic nitrogens is 2. The van der Waals surface area contributed by atoms with Crippen LogP contribution in [0.1, 0.15) is 11.1 Å². The summed E-state index contributed by atoms with van der Waals surface area (Å²) in [7, 11) is 1.97. The first-order valence-corrected chi connectivity index (χ1v) is 5.98. The average molecular weight is 263 g/mol. The third-order valence-corrected chi connectivity index (χ3v) is 3.00. The molecule has 0 atom stereocenters. The van der Waals surface area contributed by atoms with Crippen molar-refractivity contribution in [2.24, 2.45) is 0 Å². The molecule has 0 aliphatic rings. The van der Waals surface area contributed by atoms with Crippen molar-refractivity contribution >= 4 is 23.2 Å². The van der Waals surface area contributed by atoms with Crippen molar-refractivity contribution < 1.29 is 0 Å². The number of hydrogen-bond donors (Lipinski definition) is 1.